The molecule has 1 N–H and O–H groups in total. The molecule has 0 atom stereocenters. The van der Waals surface area contributed by atoms with Crippen LogP contribution in [0.4, 0.5) is 0 Å². The van der Waals surface area contributed by atoms with Gasteiger partial charge in [-0.25, -0.2) is 0 Å². The molecule has 2 aromatic heterocycles. The molecule has 4 rings (SSSR count). The maximum Gasteiger partial charge on any atom is 0.273 e. The Balaban J connectivity index is 1.98. The van der Waals surface area contributed by atoms with E-state index in [1.54, 1.807) is 36.5 Å². The van der Waals surface area contributed by atoms with Gasteiger partial charge in [-0.2, -0.15) is 5.26 Å². The van der Waals surface area contributed by atoms with Crippen LogP contribution in [0.15, 0.2) is 77.9 Å². The average Bonchev–Trinajstić information content (AvgIpc) is 2.73. The minimum Gasteiger partial charge on any atom is -0.507 e. The van der Waals surface area contributed by atoms with Crippen molar-refractivity contribution in [2.24, 2.45) is 0 Å². The number of carbonyl (C=O) groups is 1. The Morgan fingerprint density at radius 3 is 2.68 bits per heavy atom. The van der Waals surface area contributed by atoms with Gasteiger partial charge in [0.15, 0.2) is 5.78 Å². The minimum atomic E-state index is -0.535. The van der Waals surface area contributed by atoms with E-state index in [1.807, 2.05) is 18.2 Å². The predicted octanol–water partition coefficient (Wildman–Crippen LogP) is 3.19. The Labute approximate surface area is 159 Å². The van der Waals surface area contributed by atoms with E-state index in [0.717, 1.165) is 0 Å². The Hall–Kier alpha value is -4.24. The molecule has 134 valence electrons. The van der Waals surface area contributed by atoms with E-state index in [0.29, 0.717) is 16.6 Å². The number of carbonyl (C=O) groups excluding carboxylic acids is 1. The first-order chi connectivity index (χ1) is 13.6. The largest absolute Gasteiger partial charge is 0.507 e. The zero-order valence-corrected chi connectivity index (χ0v) is 14.5. The average molecular weight is 367 g/mol. The molecule has 2 aromatic carbocycles. The van der Waals surface area contributed by atoms with E-state index >= 15 is 0 Å². The van der Waals surface area contributed by atoms with Gasteiger partial charge in [0.2, 0.25) is 0 Å². The number of benzene rings is 2. The van der Waals surface area contributed by atoms with Crippen molar-refractivity contribution in [3.63, 3.8) is 0 Å². The second kappa shape index (κ2) is 6.82. The van der Waals surface area contributed by atoms with Crippen LogP contribution in [0.5, 0.6) is 5.75 Å². The van der Waals surface area contributed by atoms with Crippen molar-refractivity contribution in [3.8, 4) is 17.5 Å². The number of pyridine rings is 2. The lowest BCUT2D eigenvalue weighted by atomic mass is 10.0. The molecule has 0 aliphatic rings. The number of rotatable bonds is 3. The highest BCUT2D eigenvalue weighted by atomic mass is 16.3. The smallest absolute Gasteiger partial charge is 0.273 e. The number of nitrogens with zero attached hydrogens (tertiary/aromatic N) is 3. The molecule has 4 aromatic rings. The van der Waals surface area contributed by atoms with Gasteiger partial charge in [0.05, 0.1) is 16.8 Å². The summed E-state index contributed by atoms with van der Waals surface area (Å²) in [6.07, 6.45) is 3.04. The lowest BCUT2D eigenvalue weighted by Crippen LogP contribution is -2.23. The van der Waals surface area contributed by atoms with Crippen LogP contribution in [0.2, 0.25) is 0 Å². The summed E-state index contributed by atoms with van der Waals surface area (Å²) in [5.41, 5.74) is 0.714. The zero-order valence-electron chi connectivity index (χ0n) is 14.5. The number of para-hydroxylation sites is 1. The van der Waals surface area contributed by atoms with Crippen LogP contribution >= 0.6 is 0 Å². The molecule has 0 fully saturated rings. The van der Waals surface area contributed by atoms with Crippen LogP contribution in [0.3, 0.4) is 0 Å². The summed E-state index contributed by atoms with van der Waals surface area (Å²) < 4.78 is 1.27. The normalized spacial score (nSPS) is 10.5. The predicted molar refractivity (Wildman–Crippen MR) is 104 cm³/mol. The first kappa shape index (κ1) is 17.2. The quantitative estimate of drug-likeness (QED) is 0.561. The number of nitriles is 1. The van der Waals surface area contributed by atoms with Gasteiger partial charge < -0.3 is 5.11 Å². The molecule has 0 aliphatic carbocycles. The lowest BCUT2D eigenvalue weighted by Gasteiger charge is -2.12. The van der Waals surface area contributed by atoms with Crippen LogP contribution in [-0.4, -0.2) is 20.4 Å². The van der Waals surface area contributed by atoms with Crippen molar-refractivity contribution in [2.45, 2.75) is 0 Å². The standard InChI is InChI=1S/C22H13N3O3/c23-12-14-11-15(21(27)17-5-1-2-9-20(17)26)13-25(22(14)28)19-8-3-7-18-16(19)6-4-10-24-18/h1-11,13,26H. The van der Waals surface area contributed by atoms with E-state index in [2.05, 4.69) is 4.98 Å². The summed E-state index contributed by atoms with van der Waals surface area (Å²) in [7, 11) is 0. The summed E-state index contributed by atoms with van der Waals surface area (Å²) in [4.78, 5) is 30.0. The van der Waals surface area contributed by atoms with E-state index < -0.39 is 11.3 Å². The summed E-state index contributed by atoms with van der Waals surface area (Å²) in [5.74, 6) is -0.653. The first-order valence-electron chi connectivity index (χ1n) is 8.44. The molecule has 0 amide bonds. The van der Waals surface area contributed by atoms with Crippen molar-refractivity contribution in [1.29, 1.82) is 5.26 Å². The molecular formula is C22H13N3O3. The number of phenolic OH excluding ortho intramolecular Hbond substituents is 1. The second-order valence-electron chi connectivity index (χ2n) is 6.12. The lowest BCUT2D eigenvalue weighted by molar-refractivity contribution is 0.103. The molecule has 28 heavy (non-hydrogen) atoms. The van der Waals surface area contributed by atoms with Gasteiger partial charge in [0, 0.05) is 23.3 Å². The molecule has 6 heteroatoms. The maximum atomic E-state index is 12.9. The molecule has 6 nitrogen and oxygen atoms in total. The number of phenols is 1. The van der Waals surface area contributed by atoms with E-state index in [-0.39, 0.29) is 22.4 Å². The molecule has 0 unspecified atom stereocenters. The van der Waals surface area contributed by atoms with E-state index in [1.165, 1.54) is 29.0 Å². The van der Waals surface area contributed by atoms with Crippen LogP contribution in [0.25, 0.3) is 16.6 Å². The Morgan fingerprint density at radius 2 is 1.89 bits per heavy atom. The highest BCUT2D eigenvalue weighted by molar-refractivity contribution is 6.10. The molecule has 2 heterocycles. The molecule has 0 bridgehead atoms. The van der Waals surface area contributed by atoms with Gasteiger partial charge in [-0.15, -0.1) is 0 Å². The fraction of sp³-hybridized carbons (Fsp3) is 0. The van der Waals surface area contributed by atoms with Gasteiger partial charge in [-0.05, 0) is 42.5 Å². The van der Waals surface area contributed by atoms with Crippen LogP contribution in [0.1, 0.15) is 21.5 Å². The fourth-order valence-corrected chi connectivity index (χ4v) is 3.08. The third-order valence-electron chi connectivity index (χ3n) is 4.43. The number of aromatic hydroxyl groups is 1. The maximum absolute atomic E-state index is 12.9. The van der Waals surface area contributed by atoms with Gasteiger partial charge >= 0.3 is 0 Å². The number of ketones is 1. The van der Waals surface area contributed by atoms with Crippen molar-refractivity contribution < 1.29 is 9.90 Å². The van der Waals surface area contributed by atoms with Crippen molar-refractivity contribution in [2.75, 3.05) is 0 Å². The summed E-state index contributed by atoms with van der Waals surface area (Å²) >= 11 is 0. The van der Waals surface area contributed by atoms with Crippen LogP contribution in [0, 0.1) is 11.3 Å². The topological polar surface area (TPSA) is 96.0 Å². The Morgan fingerprint density at radius 1 is 1.07 bits per heavy atom. The van der Waals surface area contributed by atoms with Crippen LogP contribution in [-0.2, 0) is 0 Å². The fourth-order valence-electron chi connectivity index (χ4n) is 3.08. The Kier molecular flexibility index (Phi) is 4.18. The number of hydrogen-bond donors (Lipinski definition) is 1. The molecule has 0 saturated carbocycles. The zero-order chi connectivity index (χ0) is 19.7. The summed E-state index contributed by atoms with van der Waals surface area (Å²) in [6, 6.07) is 18.1. The molecule has 0 radical (unpaired) electrons. The summed E-state index contributed by atoms with van der Waals surface area (Å²) in [6.45, 7) is 0. The van der Waals surface area contributed by atoms with Gasteiger partial charge in [-0.1, -0.05) is 18.2 Å². The highest BCUT2D eigenvalue weighted by Gasteiger charge is 2.18. The number of aromatic nitrogens is 2. The molecule has 0 spiro atoms. The summed E-state index contributed by atoms with van der Waals surface area (Å²) in [5, 5.41) is 20.1. The van der Waals surface area contributed by atoms with E-state index in [4.69, 9.17) is 0 Å². The minimum absolute atomic E-state index is 0.0937. The number of fused-ring (bicyclic) bond motifs is 1. The third-order valence-corrected chi connectivity index (χ3v) is 4.43. The Bertz CT molecular complexity index is 1330. The van der Waals surface area contributed by atoms with Crippen molar-refractivity contribution in [3.05, 3.63) is 100 Å². The monoisotopic (exact) mass is 367 g/mol. The molecular weight excluding hydrogens is 354 g/mol. The van der Waals surface area contributed by atoms with Gasteiger partial charge in [-0.3, -0.25) is 19.1 Å². The van der Waals surface area contributed by atoms with Crippen LogP contribution < -0.4 is 5.56 Å². The number of hydrogen-bond acceptors (Lipinski definition) is 5. The molecule has 0 aliphatic heterocycles. The van der Waals surface area contributed by atoms with Gasteiger partial charge in [0.1, 0.15) is 17.4 Å². The van der Waals surface area contributed by atoms with Crippen molar-refractivity contribution >= 4 is 16.7 Å². The molecule has 0 saturated heterocycles. The third kappa shape index (κ3) is 2.81. The first-order valence-corrected chi connectivity index (χ1v) is 8.44. The SMILES string of the molecule is N#Cc1cc(C(=O)c2ccccc2O)cn(-c2cccc3ncccc23)c1=O. The van der Waals surface area contributed by atoms with Gasteiger partial charge in [0.25, 0.3) is 5.56 Å². The highest BCUT2D eigenvalue weighted by Crippen LogP contribution is 2.23. The second-order valence-corrected chi connectivity index (χ2v) is 6.12. The van der Waals surface area contributed by atoms with Crippen molar-refractivity contribution in [1.82, 2.24) is 9.55 Å². The van der Waals surface area contributed by atoms with E-state index in [9.17, 15) is 20.0 Å².